The molecular formula is C15H16BrN3O. The fourth-order valence-electron chi connectivity index (χ4n) is 1.86. The topological polar surface area (TPSA) is 54.9 Å². The van der Waals surface area contributed by atoms with E-state index in [1.165, 1.54) is 11.9 Å². The van der Waals surface area contributed by atoms with Crippen molar-refractivity contribution in [2.45, 2.75) is 19.8 Å². The van der Waals surface area contributed by atoms with Gasteiger partial charge in [0.25, 0.3) is 5.91 Å². The lowest BCUT2D eigenvalue weighted by Crippen LogP contribution is -2.28. The first kappa shape index (κ1) is 14.7. The van der Waals surface area contributed by atoms with Crippen molar-refractivity contribution in [3.05, 3.63) is 58.1 Å². The second-order valence-electron chi connectivity index (χ2n) is 4.68. The van der Waals surface area contributed by atoms with Gasteiger partial charge in [0.2, 0.25) is 0 Å². The third-order valence-electron chi connectivity index (χ3n) is 3.16. The summed E-state index contributed by atoms with van der Waals surface area (Å²) in [5.41, 5.74) is 2.40. The van der Waals surface area contributed by atoms with Crippen molar-refractivity contribution >= 4 is 21.8 Å². The Morgan fingerprint density at radius 1 is 1.35 bits per heavy atom. The average Bonchev–Trinajstić information content (AvgIpc) is 2.45. The second kappa shape index (κ2) is 6.61. The monoisotopic (exact) mass is 333 g/mol. The minimum absolute atomic E-state index is 0.132. The Kier molecular flexibility index (Phi) is 4.84. The van der Waals surface area contributed by atoms with Crippen molar-refractivity contribution in [2.75, 3.05) is 6.54 Å². The summed E-state index contributed by atoms with van der Waals surface area (Å²) in [4.78, 5) is 20.0. The normalized spacial score (nSPS) is 11.9. The van der Waals surface area contributed by atoms with Gasteiger partial charge in [-0.3, -0.25) is 4.79 Å². The first-order valence-corrected chi connectivity index (χ1v) is 7.17. The number of hydrogen-bond acceptors (Lipinski definition) is 3. The van der Waals surface area contributed by atoms with Crippen LogP contribution >= 0.6 is 15.9 Å². The number of halogens is 1. The zero-order valence-electron chi connectivity index (χ0n) is 11.4. The van der Waals surface area contributed by atoms with Gasteiger partial charge < -0.3 is 5.32 Å². The van der Waals surface area contributed by atoms with Crippen LogP contribution in [0.2, 0.25) is 0 Å². The molecule has 0 radical (unpaired) electrons. The first-order chi connectivity index (χ1) is 9.58. The lowest BCUT2D eigenvalue weighted by atomic mass is 10.0. The SMILES string of the molecule is Cc1ncncc1C(=O)NCC(C)c1ccc(Br)cc1. The highest BCUT2D eigenvalue weighted by Crippen LogP contribution is 2.17. The van der Waals surface area contributed by atoms with Crippen LogP contribution in [0.4, 0.5) is 0 Å². The van der Waals surface area contributed by atoms with Crippen molar-refractivity contribution in [3.8, 4) is 0 Å². The van der Waals surface area contributed by atoms with E-state index in [-0.39, 0.29) is 11.8 Å². The highest BCUT2D eigenvalue weighted by atomic mass is 79.9. The number of nitrogens with one attached hydrogen (secondary N) is 1. The second-order valence-corrected chi connectivity index (χ2v) is 5.60. The molecule has 1 amide bonds. The number of carbonyl (C=O) groups excluding carboxylic acids is 1. The zero-order chi connectivity index (χ0) is 14.5. The van der Waals surface area contributed by atoms with Crippen molar-refractivity contribution in [1.82, 2.24) is 15.3 Å². The lowest BCUT2D eigenvalue weighted by molar-refractivity contribution is 0.0950. The first-order valence-electron chi connectivity index (χ1n) is 6.38. The molecule has 0 aliphatic carbocycles. The molecule has 20 heavy (non-hydrogen) atoms. The predicted molar refractivity (Wildman–Crippen MR) is 81.7 cm³/mol. The largest absolute Gasteiger partial charge is 0.351 e. The van der Waals surface area contributed by atoms with Crippen LogP contribution < -0.4 is 5.32 Å². The van der Waals surface area contributed by atoms with Crippen LogP contribution in [0.15, 0.2) is 41.3 Å². The molecule has 4 nitrogen and oxygen atoms in total. The molecule has 1 atom stereocenters. The number of hydrogen-bond donors (Lipinski definition) is 1. The Morgan fingerprint density at radius 3 is 2.70 bits per heavy atom. The Hall–Kier alpha value is -1.75. The molecular weight excluding hydrogens is 318 g/mol. The molecule has 0 saturated heterocycles. The third-order valence-corrected chi connectivity index (χ3v) is 3.69. The van der Waals surface area contributed by atoms with E-state index in [2.05, 4.69) is 50.3 Å². The van der Waals surface area contributed by atoms with E-state index in [9.17, 15) is 4.79 Å². The van der Waals surface area contributed by atoms with E-state index in [1.54, 1.807) is 13.1 Å². The zero-order valence-corrected chi connectivity index (χ0v) is 13.0. The highest BCUT2D eigenvalue weighted by molar-refractivity contribution is 9.10. The molecule has 104 valence electrons. The molecule has 1 heterocycles. The van der Waals surface area contributed by atoms with E-state index in [0.717, 1.165) is 4.47 Å². The van der Waals surface area contributed by atoms with E-state index < -0.39 is 0 Å². The molecule has 1 aromatic carbocycles. The molecule has 0 fully saturated rings. The smallest absolute Gasteiger partial charge is 0.254 e. The van der Waals surface area contributed by atoms with Gasteiger partial charge in [0.05, 0.1) is 11.3 Å². The molecule has 2 aromatic rings. The van der Waals surface area contributed by atoms with Crippen molar-refractivity contribution in [3.63, 3.8) is 0 Å². The summed E-state index contributed by atoms with van der Waals surface area (Å²) < 4.78 is 1.05. The number of benzene rings is 1. The van der Waals surface area contributed by atoms with Crippen molar-refractivity contribution < 1.29 is 4.79 Å². The van der Waals surface area contributed by atoms with Gasteiger partial charge in [-0.2, -0.15) is 0 Å². The van der Waals surface area contributed by atoms with Gasteiger partial charge >= 0.3 is 0 Å². The highest BCUT2D eigenvalue weighted by Gasteiger charge is 2.12. The molecule has 1 N–H and O–H groups in total. The molecule has 0 aliphatic heterocycles. The molecule has 0 spiro atoms. The Balaban J connectivity index is 1.97. The van der Waals surface area contributed by atoms with Crippen LogP contribution in [0.1, 0.15) is 34.5 Å². The van der Waals surface area contributed by atoms with E-state index in [4.69, 9.17) is 0 Å². The predicted octanol–water partition coefficient (Wildman–Crippen LogP) is 3.08. The van der Waals surface area contributed by atoms with Crippen LogP contribution in [0.25, 0.3) is 0 Å². The Bertz CT molecular complexity index is 598. The quantitative estimate of drug-likeness (QED) is 0.935. The van der Waals surface area contributed by atoms with Gasteiger partial charge in [-0.05, 0) is 30.5 Å². The maximum Gasteiger partial charge on any atom is 0.254 e. The van der Waals surface area contributed by atoms with Crippen LogP contribution in [-0.4, -0.2) is 22.4 Å². The Labute approximate surface area is 126 Å². The van der Waals surface area contributed by atoms with Gasteiger partial charge in [-0.1, -0.05) is 35.0 Å². The number of amides is 1. The molecule has 0 saturated carbocycles. The van der Waals surface area contributed by atoms with Crippen molar-refractivity contribution in [2.24, 2.45) is 0 Å². The molecule has 1 aromatic heterocycles. The summed E-state index contributed by atoms with van der Waals surface area (Å²) in [6.45, 7) is 4.46. The van der Waals surface area contributed by atoms with E-state index in [0.29, 0.717) is 17.8 Å². The van der Waals surface area contributed by atoms with Gasteiger partial charge in [0.15, 0.2) is 0 Å². The summed E-state index contributed by atoms with van der Waals surface area (Å²) >= 11 is 3.41. The number of aryl methyl sites for hydroxylation is 1. The number of rotatable bonds is 4. The summed E-state index contributed by atoms with van der Waals surface area (Å²) in [5, 5.41) is 2.92. The maximum absolute atomic E-state index is 12.1. The molecule has 5 heteroatoms. The van der Waals surface area contributed by atoms with Gasteiger partial charge in [-0.25, -0.2) is 9.97 Å². The summed E-state index contributed by atoms with van der Waals surface area (Å²) in [6, 6.07) is 8.11. The van der Waals surface area contributed by atoms with E-state index in [1.807, 2.05) is 12.1 Å². The average molecular weight is 334 g/mol. The summed E-state index contributed by atoms with van der Waals surface area (Å²) in [7, 11) is 0. The lowest BCUT2D eigenvalue weighted by Gasteiger charge is -2.13. The molecule has 2 rings (SSSR count). The van der Waals surface area contributed by atoms with Gasteiger partial charge in [0.1, 0.15) is 6.33 Å². The minimum atomic E-state index is -0.132. The van der Waals surface area contributed by atoms with Gasteiger partial charge in [-0.15, -0.1) is 0 Å². The fourth-order valence-corrected chi connectivity index (χ4v) is 2.13. The molecule has 1 unspecified atom stereocenters. The molecule has 0 aliphatic rings. The fraction of sp³-hybridized carbons (Fsp3) is 0.267. The van der Waals surface area contributed by atoms with Crippen LogP contribution in [-0.2, 0) is 0 Å². The minimum Gasteiger partial charge on any atom is -0.351 e. The maximum atomic E-state index is 12.1. The number of aromatic nitrogens is 2. The van der Waals surface area contributed by atoms with Gasteiger partial charge in [0, 0.05) is 17.2 Å². The standard InChI is InChI=1S/C15H16BrN3O/c1-10(12-3-5-13(16)6-4-12)7-18-15(20)14-8-17-9-19-11(14)2/h3-6,8-10H,7H2,1-2H3,(H,18,20). The molecule has 0 bridgehead atoms. The third kappa shape index (κ3) is 3.63. The van der Waals surface area contributed by atoms with Crippen molar-refractivity contribution in [1.29, 1.82) is 0 Å². The summed E-state index contributed by atoms with van der Waals surface area (Å²) in [6.07, 6.45) is 2.98. The number of nitrogens with zero attached hydrogens (tertiary/aromatic N) is 2. The van der Waals surface area contributed by atoms with Crippen LogP contribution in [0, 0.1) is 6.92 Å². The van der Waals surface area contributed by atoms with E-state index >= 15 is 0 Å². The van der Waals surface area contributed by atoms with Crippen LogP contribution in [0.5, 0.6) is 0 Å². The Morgan fingerprint density at radius 2 is 2.05 bits per heavy atom. The number of carbonyl (C=O) groups is 1. The summed E-state index contributed by atoms with van der Waals surface area (Å²) in [5.74, 6) is 0.115. The van der Waals surface area contributed by atoms with Crippen LogP contribution in [0.3, 0.4) is 0 Å².